The lowest BCUT2D eigenvalue weighted by Crippen LogP contribution is -2.36. The molecule has 0 amide bonds. The first-order valence-corrected chi connectivity index (χ1v) is 7.43. The van der Waals surface area contributed by atoms with Crippen molar-refractivity contribution in [2.45, 2.75) is 32.7 Å². The molecule has 1 N–H and O–H groups in total. The van der Waals surface area contributed by atoms with Crippen molar-refractivity contribution in [3.63, 3.8) is 0 Å². The Bertz CT molecular complexity index is 535. The molecular formula is C16H22N4. The highest BCUT2D eigenvalue weighted by Gasteiger charge is 2.21. The van der Waals surface area contributed by atoms with E-state index in [2.05, 4.69) is 45.0 Å². The highest BCUT2D eigenvalue weighted by molar-refractivity contribution is 5.10. The van der Waals surface area contributed by atoms with E-state index in [1.807, 2.05) is 12.4 Å². The van der Waals surface area contributed by atoms with Crippen LogP contribution in [0.1, 0.15) is 30.1 Å². The minimum Gasteiger partial charge on any atom is -0.348 e. The van der Waals surface area contributed by atoms with Gasteiger partial charge in [-0.3, -0.25) is 9.88 Å². The van der Waals surface area contributed by atoms with Gasteiger partial charge in [0, 0.05) is 30.3 Å². The molecule has 0 aliphatic carbocycles. The summed E-state index contributed by atoms with van der Waals surface area (Å²) in [5.41, 5.74) is 2.35. The highest BCUT2D eigenvalue weighted by atomic mass is 15.2. The molecule has 2 aromatic rings. The summed E-state index contributed by atoms with van der Waals surface area (Å²) in [6, 6.07) is 6.33. The van der Waals surface area contributed by atoms with E-state index in [1.54, 1.807) is 0 Å². The van der Waals surface area contributed by atoms with E-state index in [-0.39, 0.29) is 0 Å². The zero-order chi connectivity index (χ0) is 13.8. The predicted molar refractivity (Wildman–Crippen MR) is 79.3 cm³/mol. The van der Waals surface area contributed by atoms with E-state index in [9.17, 15) is 0 Å². The van der Waals surface area contributed by atoms with E-state index in [4.69, 9.17) is 0 Å². The van der Waals surface area contributed by atoms with Gasteiger partial charge in [0.15, 0.2) is 0 Å². The lowest BCUT2D eigenvalue weighted by atomic mass is 9.93. The van der Waals surface area contributed by atoms with Crippen molar-refractivity contribution in [1.29, 1.82) is 0 Å². The maximum atomic E-state index is 4.63. The molecule has 1 unspecified atom stereocenters. The van der Waals surface area contributed by atoms with Gasteiger partial charge in [0.2, 0.25) is 0 Å². The normalized spacial score (nSPS) is 20.1. The summed E-state index contributed by atoms with van der Waals surface area (Å²) in [6.45, 7) is 5.33. The van der Waals surface area contributed by atoms with Crippen molar-refractivity contribution in [2.75, 3.05) is 13.1 Å². The van der Waals surface area contributed by atoms with Gasteiger partial charge in [-0.15, -0.1) is 0 Å². The van der Waals surface area contributed by atoms with Gasteiger partial charge in [0.25, 0.3) is 0 Å². The summed E-state index contributed by atoms with van der Waals surface area (Å²) in [7, 11) is 0. The molecule has 0 saturated carbocycles. The number of imidazole rings is 1. The smallest absolute Gasteiger partial charge is 0.120 e. The van der Waals surface area contributed by atoms with E-state index < -0.39 is 0 Å². The highest BCUT2D eigenvalue weighted by Crippen LogP contribution is 2.21. The van der Waals surface area contributed by atoms with E-state index in [0.29, 0.717) is 5.92 Å². The molecule has 20 heavy (non-hydrogen) atoms. The first-order chi connectivity index (χ1) is 9.79. The Balaban J connectivity index is 1.57. The van der Waals surface area contributed by atoms with Crippen molar-refractivity contribution in [3.05, 3.63) is 47.8 Å². The Kier molecular flexibility index (Phi) is 4.11. The van der Waals surface area contributed by atoms with Crippen LogP contribution in [0.15, 0.2) is 30.6 Å². The summed E-state index contributed by atoms with van der Waals surface area (Å²) in [6.07, 6.45) is 7.40. The van der Waals surface area contributed by atoms with Crippen LogP contribution in [-0.2, 0) is 13.0 Å². The Morgan fingerprint density at radius 3 is 3.15 bits per heavy atom. The van der Waals surface area contributed by atoms with Crippen LogP contribution in [0.25, 0.3) is 0 Å². The molecular weight excluding hydrogens is 248 g/mol. The van der Waals surface area contributed by atoms with Crippen molar-refractivity contribution in [2.24, 2.45) is 5.92 Å². The van der Waals surface area contributed by atoms with Crippen molar-refractivity contribution < 1.29 is 0 Å². The van der Waals surface area contributed by atoms with Crippen molar-refractivity contribution in [1.82, 2.24) is 19.9 Å². The molecule has 0 radical (unpaired) electrons. The zero-order valence-corrected chi connectivity index (χ0v) is 12.0. The number of nitrogens with one attached hydrogen (secondary N) is 1. The largest absolute Gasteiger partial charge is 0.348 e. The first-order valence-electron chi connectivity index (χ1n) is 7.43. The first kappa shape index (κ1) is 13.3. The van der Waals surface area contributed by atoms with E-state index in [0.717, 1.165) is 31.0 Å². The third kappa shape index (κ3) is 3.45. The zero-order valence-electron chi connectivity index (χ0n) is 12.0. The van der Waals surface area contributed by atoms with Crippen molar-refractivity contribution in [3.8, 4) is 0 Å². The molecule has 3 heterocycles. The van der Waals surface area contributed by atoms with Gasteiger partial charge < -0.3 is 4.98 Å². The second-order valence-corrected chi connectivity index (χ2v) is 5.75. The molecule has 1 atom stereocenters. The summed E-state index contributed by atoms with van der Waals surface area (Å²) < 4.78 is 0. The average molecular weight is 270 g/mol. The Labute approximate surface area is 120 Å². The molecule has 4 nitrogen and oxygen atoms in total. The molecule has 3 rings (SSSR count). The number of aryl methyl sites for hydroxylation is 1. The predicted octanol–water partition coefficient (Wildman–Crippen LogP) is 2.57. The fourth-order valence-electron chi connectivity index (χ4n) is 3.07. The van der Waals surface area contributed by atoms with E-state index >= 15 is 0 Å². The number of hydrogen-bond donors (Lipinski definition) is 1. The summed E-state index contributed by atoms with van der Waals surface area (Å²) >= 11 is 0. The lowest BCUT2D eigenvalue weighted by molar-refractivity contribution is 0.163. The standard InChI is InChI=1S/C16H22N4/c1-13-4-2-6-15(19-13)10-14-5-3-9-20(11-14)12-16-17-7-8-18-16/h2,4,6-8,14H,3,5,9-12H2,1H3,(H,17,18). The maximum absolute atomic E-state index is 4.63. The second-order valence-electron chi connectivity index (χ2n) is 5.75. The Morgan fingerprint density at radius 2 is 2.35 bits per heavy atom. The van der Waals surface area contributed by atoms with Crippen LogP contribution >= 0.6 is 0 Å². The summed E-state index contributed by atoms with van der Waals surface area (Å²) in [5, 5.41) is 0. The van der Waals surface area contributed by atoms with Crippen LogP contribution in [0.5, 0.6) is 0 Å². The second kappa shape index (κ2) is 6.18. The molecule has 1 aliphatic rings. The van der Waals surface area contributed by atoms with Crippen LogP contribution in [-0.4, -0.2) is 32.9 Å². The SMILES string of the molecule is Cc1cccc(CC2CCCN(Cc3ncc[nH]3)C2)n1. The van der Waals surface area contributed by atoms with Gasteiger partial charge in [0.05, 0.1) is 6.54 Å². The molecule has 4 heteroatoms. The quantitative estimate of drug-likeness (QED) is 0.928. The molecule has 2 aromatic heterocycles. The van der Waals surface area contributed by atoms with Crippen LogP contribution in [0.4, 0.5) is 0 Å². The molecule has 1 saturated heterocycles. The van der Waals surface area contributed by atoms with Gasteiger partial charge in [-0.05, 0) is 50.8 Å². The number of hydrogen-bond acceptors (Lipinski definition) is 3. The van der Waals surface area contributed by atoms with Gasteiger partial charge in [-0.2, -0.15) is 0 Å². The number of aromatic nitrogens is 3. The summed E-state index contributed by atoms with van der Waals surface area (Å²) in [4.78, 5) is 14.6. The van der Waals surface area contributed by atoms with Gasteiger partial charge in [0.1, 0.15) is 5.82 Å². The van der Waals surface area contributed by atoms with Crippen molar-refractivity contribution >= 4 is 0 Å². The third-order valence-corrected chi connectivity index (χ3v) is 3.98. The topological polar surface area (TPSA) is 44.8 Å². The van der Waals surface area contributed by atoms with Crippen LogP contribution < -0.4 is 0 Å². The minimum atomic E-state index is 0.716. The van der Waals surface area contributed by atoms with Gasteiger partial charge in [-0.1, -0.05) is 6.07 Å². The lowest BCUT2D eigenvalue weighted by Gasteiger charge is -2.32. The monoisotopic (exact) mass is 270 g/mol. The molecule has 0 spiro atoms. The van der Waals surface area contributed by atoms with Crippen LogP contribution in [0, 0.1) is 12.8 Å². The summed E-state index contributed by atoms with van der Waals surface area (Å²) in [5.74, 6) is 1.78. The molecule has 0 aromatic carbocycles. The van der Waals surface area contributed by atoms with Crippen LogP contribution in [0.2, 0.25) is 0 Å². The minimum absolute atomic E-state index is 0.716. The fourth-order valence-corrected chi connectivity index (χ4v) is 3.07. The number of nitrogens with zero attached hydrogens (tertiary/aromatic N) is 3. The molecule has 1 fully saturated rings. The Morgan fingerprint density at radius 1 is 1.40 bits per heavy atom. The molecule has 0 bridgehead atoms. The Hall–Kier alpha value is -1.68. The van der Waals surface area contributed by atoms with Gasteiger partial charge >= 0.3 is 0 Å². The van der Waals surface area contributed by atoms with Gasteiger partial charge in [-0.25, -0.2) is 4.98 Å². The van der Waals surface area contributed by atoms with E-state index in [1.165, 1.54) is 25.1 Å². The maximum Gasteiger partial charge on any atom is 0.120 e. The third-order valence-electron chi connectivity index (χ3n) is 3.98. The average Bonchev–Trinajstić information content (AvgIpc) is 2.92. The number of H-pyrrole nitrogens is 1. The number of likely N-dealkylation sites (tertiary alicyclic amines) is 1. The number of piperidine rings is 1. The molecule has 106 valence electrons. The number of rotatable bonds is 4. The van der Waals surface area contributed by atoms with Crippen LogP contribution in [0.3, 0.4) is 0 Å². The molecule has 1 aliphatic heterocycles. The number of aromatic amines is 1. The number of pyridine rings is 1. The fraction of sp³-hybridized carbons (Fsp3) is 0.500.